The summed E-state index contributed by atoms with van der Waals surface area (Å²) >= 11 is 6.20. The lowest BCUT2D eigenvalue weighted by Crippen LogP contribution is -2.15. The molecule has 0 radical (unpaired) electrons. The molecule has 3 aromatic carbocycles. The third kappa shape index (κ3) is 4.34. The molecule has 0 aliphatic carbocycles. The van der Waals surface area contributed by atoms with Crippen LogP contribution < -0.4 is 5.32 Å². The smallest absolute Gasteiger partial charge is 0.295 e. The number of halogens is 2. The number of benzene rings is 3. The average Bonchev–Trinajstić information content (AvgIpc) is 3.18. The first-order valence-corrected chi connectivity index (χ1v) is 10.1. The molecular weight excluding hydrogens is 415 g/mol. The summed E-state index contributed by atoms with van der Waals surface area (Å²) in [5.41, 5.74) is 4.87. The van der Waals surface area contributed by atoms with E-state index >= 15 is 0 Å². The third-order valence-corrected chi connectivity index (χ3v) is 5.19. The SMILES string of the molecule is Cc1ccc(C)c(NC(=O)c2nc(-c3ccc(F)cc3)n(-c3cc(Cl)ccc3C)n2)c1. The molecule has 0 aliphatic heterocycles. The molecule has 156 valence electrons. The molecule has 0 fully saturated rings. The van der Waals surface area contributed by atoms with Crippen LogP contribution in [0.2, 0.25) is 5.02 Å². The van der Waals surface area contributed by atoms with Gasteiger partial charge >= 0.3 is 0 Å². The molecule has 1 heterocycles. The molecule has 0 saturated heterocycles. The van der Waals surface area contributed by atoms with Gasteiger partial charge in [0.2, 0.25) is 5.82 Å². The van der Waals surface area contributed by atoms with E-state index in [0.29, 0.717) is 27.8 Å². The number of hydrogen-bond acceptors (Lipinski definition) is 3. The van der Waals surface area contributed by atoms with Crippen molar-refractivity contribution >= 4 is 23.2 Å². The largest absolute Gasteiger partial charge is 0.319 e. The van der Waals surface area contributed by atoms with Crippen molar-refractivity contribution in [3.05, 3.63) is 94.0 Å². The van der Waals surface area contributed by atoms with E-state index in [1.165, 1.54) is 12.1 Å². The van der Waals surface area contributed by atoms with Gasteiger partial charge in [-0.3, -0.25) is 4.79 Å². The summed E-state index contributed by atoms with van der Waals surface area (Å²) in [5, 5.41) is 7.88. The number of nitrogens with one attached hydrogen (secondary N) is 1. The van der Waals surface area contributed by atoms with Crippen LogP contribution in [-0.4, -0.2) is 20.7 Å². The maximum Gasteiger partial charge on any atom is 0.295 e. The van der Waals surface area contributed by atoms with Crippen LogP contribution in [0, 0.1) is 26.6 Å². The van der Waals surface area contributed by atoms with Crippen LogP contribution in [0.5, 0.6) is 0 Å². The fourth-order valence-corrected chi connectivity index (χ4v) is 3.39. The molecule has 4 aromatic rings. The van der Waals surface area contributed by atoms with E-state index in [1.807, 2.05) is 45.0 Å². The Morgan fingerprint density at radius 1 is 0.968 bits per heavy atom. The maximum atomic E-state index is 13.5. The fourth-order valence-electron chi connectivity index (χ4n) is 3.22. The highest BCUT2D eigenvalue weighted by Gasteiger charge is 2.20. The monoisotopic (exact) mass is 434 g/mol. The Bertz CT molecular complexity index is 1280. The van der Waals surface area contributed by atoms with Gasteiger partial charge in [-0.25, -0.2) is 14.1 Å². The predicted octanol–water partition coefficient (Wildman–Crippen LogP) is 5.90. The van der Waals surface area contributed by atoms with Gasteiger partial charge in [-0.15, -0.1) is 5.10 Å². The standard InChI is InChI=1S/C24H20ClFN4O/c1-14-4-5-15(2)20(12-14)27-24(31)22-28-23(17-7-10-19(26)11-8-17)30(29-22)21-13-18(25)9-6-16(21)3/h4-13H,1-3H3,(H,27,31). The Hall–Kier alpha value is -3.51. The summed E-state index contributed by atoms with van der Waals surface area (Å²) < 4.78 is 15.0. The summed E-state index contributed by atoms with van der Waals surface area (Å²) in [6.45, 7) is 5.79. The van der Waals surface area contributed by atoms with Crippen molar-refractivity contribution in [1.82, 2.24) is 14.8 Å². The third-order valence-electron chi connectivity index (χ3n) is 4.95. The van der Waals surface area contributed by atoms with E-state index in [1.54, 1.807) is 28.9 Å². The van der Waals surface area contributed by atoms with Gasteiger partial charge in [0.1, 0.15) is 5.82 Å². The van der Waals surface area contributed by atoms with E-state index in [9.17, 15) is 9.18 Å². The van der Waals surface area contributed by atoms with Crippen molar-refractivity contribution in [2.45, 2.75) is 20.8 Å². The van der Waals surface area contributed by atoms with Crippen LogP contribution in [0.25, 0.3) is 17.1 Å². The van der Waals surface area contributed by atoms with Crippen LogP contribution in [0.3, 0.4) is 0 Å². The van der Waals surface area contributed by atoms with Gasteiger partial charge in [0, 0.05) is 16.3 Å². The highest BCUT2D eigenvalue weighted by atomic mass is 35.5. The first kappa shape index (κ1) is 20.8. The van der Waals surface area contributed by atoms with Crippen molar-refractivity contribution < 1.29 is 9.18 Å². The van der Waals surface area contributed by atoms with Crippen molar-refractivity contribution in [2.75, 3.05) is 5.32 Å². The Labute approximate surface area is 184 Å². The fraction of sp³-hybridized carbons (Fsp3) is 0.125. The van der Waals surface area contributed by atoms with Gasteiger partial charge in [0.25, 0.3) is 5.91 Å². The van der Waals surface area contributed by atoms with E-state index in [4.69, 9.17) is 11.6 Å². The molecule has 31 heavy (non-hydrogen) atoms. The van der Waals surface area contributed by atoms with Gasteiger partial charge in [-0.1, -0.05) is 29.8 Å². The summed E-state index contributed by atoms with van der Waals surface area (Å²) in [6.07, 6.45) is 0. The minimum atomic E-state index is -0.435. The molecule has 0 unspecified atom stereocenters. The molecule has 0 saturated carbocycles. The highest BCUT2D eigenvalue weighted by molar-refractivity contribution is 6.30. The Morgan fingerprint density at radius 3 is 2.42 bits per heavy atom. The normalized spacial score (nSPS) is 10.9. The zero-order valence-corrected chi connectivity index (χ0v) is 18.0. The second-order valence-corrected chi connectivity index (χ2v) is 7.82. The van der Waals surface area contributed by atoms with Gasteiger partial charge in [0.15, 0.2) is 5.82 Å². The van der Waals surface area contributed by atoms with E-state index in [2.05, 4.69) is 15.4 Å². The minimum absolute atomic E-state index is 0.000364. The lowest BCUT2D eigenvalue weighted by molar-refractivity contribution is 0.101. The molecule has 1 N–H and O–H groups in total. The Kier molecular flexibility index (Phi) is 5.57. The van der Waals surface area contributed by atoms with Crippen molar-refractivity contribution in [3.8, 4) is 17.1 Å². The molecule has 7 heteroatoms. The number of nitrogens with zero attached hydrogens (tertiary/aromatic N) is 3. The van der Waals surface area contributed by atoms with Crippen LogP contribution in [0.4, 0.5) is 10.1 Å². The number of hydrogen-bond donors (Lipinski definition) is 1. The quantitative estimate of drug-likeness (QED) is 0.434. The predicted molar refractivity (Wildman–Crippen MR) is 120 cm³/mol. The average molecular weight is 435 g/mol. The van der Waals surface area contributed by atoms with Gasteiger partial charge < -0.3 is 5.32 Å². The van der Waals surface area contributed by atoms with Crippen LogP contribution in [-0.2, 0) is 0 Å². The van der Waals surface area contributed by atoms with Gasteiger partial charge in [-0.2, -0.15) is 0 Å². The Balaban J connectivity index is 1.81. The molecule has 0 spiro atoms. The second-order valence-electron chi connectivity index (χ2n) is 7.38. The summed E-state index contributed by atoms with van der Waals surface area (Å²) in [6, 6.07) is 17.1. The Morgan fingerprint density at radius 2 is 1.68 bits per heavy atom. The van der Waals surface area contributed by atoms with Gasteiger partial charge in [0.05, 0.1) is 5.69 Å². The zero-order valence-electron chi connectivity index (χ0n) is 17.3. The molecule has 0 atom stereocenters. The minimum Gasteiger partial charge on any atom is -0.319 e. The molecule has 0 bridgehead atoms. The topological polar surface area (TPSA) is 59.8 Å². The van der Waals surface area contributed by atoms with Gasteiger partial charge in [-0.05, 0) is 79.9 Å². The first-order chi connectivity index (χ1) is 14.8. The number of aryl methyl sites for hydroxylation is 3. The number of amides is 1. The number of carbonyl (C=O) groups excluding carboxylic acids is 1. The number of rotatable bonds is 4. The summed E-state index contributed by atoms with van der Waals surface area (Å²) in [4.78, 5) is 17.5. The van der Waals surface area contributed by atoms with E-state index in [0.717, 1.165) is 16.7 Å². The first-order valence-electron chi connectivity index (χ1n) is 9.70. The number of aromatic nitrogens is 3. The van der Waals surface area contributed by atoms with Crippen molar-refractivity contribution in [1.29, 1.82) is 0 Å². The molecule has 5 nitrogen and oxygen atoms in total. The van der Waals surface area contributed by atoms with Crippen LogP contribution in [0.1, 0.15) is 27.3 Å². The molecule has 1 amide bonds. The number of anilines is 1. The van der Waals surface area contributed by atoms with Crippen LogP contribution >= 0.6 is 11.6 Å². The maximum absolute atomic E-state index is 13.5. The molecular formula is C24H20ClFN4O. The lowest BCUT2D eigenvalue weighted by atomic mass is 10.1. The number of carbonyl (C=O) groups is 1. The summed E-state index contributed by atoms with van der Waals surface area (Å²) in [5.74, 6) is -0.381. The summed E-state index contributed by atoms with van der Waals surface area (Å²) in [7, 11) is 0. The van der Waals surface area contributed by atoms with Crippen LogP contribution in [0.15, 0.2) is 60.7 Å². The van der Waals surface area contributed by atoms with Crippen molar-refractivity contribution in [2.24, 2.45) is 0 Å². The molecule has 0 aliphatic rings. The van der Waals surface area contributed by atoms with E-state index in [-0.39, 0.29) is 11.6 Å². The van der Waals surface area contributed by atoms with Crippen molar-refractivity contribution in [3.63, 3.8) is 0 Å². The second kappa shape index (κ2) is 8.32. The van der Waals surface area contributed by atoms with E-state index < -0.39 is 5.91 Å². The zero-order chi connectivity index (χ0) is 22.1. The lowest BCUT2D eigenvalue weighted by Gasteiger charge is -2.09. The molecule has 4 rings (SSSR count). The highest BCUT2D eigenvalue weighted by Crippen LogP contribution is 2.26. The molecule has 1 aromatic heterocycles.